The molecule has 1 radical (unpaired) electrons. The SMILES string of the molecule is C=Cc1c[c]cc(OCCCl)c1. The molecule has 0 spiro atoms. The molecule has 0 amide bonds. The van der Waals surface area contributed by atoms with E-state index in [0.717, 1.165) is 11.3 Å². The summed E-state index contributed by atoms with van der Waals surface area (Å²) in [5, 5.41) is 0. The number of hydrogen-bond acceptors (Lipinski definition) is 1. The quantitative estimate of drug-likeness (QED) is 0.649. The van der Waals surface area contributed by atoms with Gasteiger partial charge < -0.3 is 4.74 Å². The van der Waals surface area contributed by atoms with Crippen molar-refractivity contribution in [1.82, 2.24) is 0 Å². The monoisotopic (exact) mass is 181 g/mol. The Morgan fingerprint density at radius 3 is 3.08 bits per heavy atom. The first-order valence-corrected chi connectivity index (χ1v) is 4.22. The summed E-state index contributed by atoms with van der Waals surface area (Å²) in [5.74, 6) is 1.28. The minimum atomic E-state index is 0.498. The van der Waals surface area contributed by atoms with Gasteiger partial charge in [0, 0.05) is 0 Å². The van der Waals surface area contributed by atoms with Crippen molar-refractivity contribution in [3.63, 3.8) is 0 Å². The normalized spacial score (nSPS) is 9.42. The van der Waals surface area contributed by atoms with E-state index in [1.54, 1.807) is 12.1 Å². The summed E-state index contributed by atoms with van der Waals surface area (Å²) in [6, 6.07) is 8.47. The summed E-state index contributed by atoms with van der Waals surface area (Å²) < 4.78 is 5.29. The minimum Gasteiger partial charge on any atom is -0.492 e. The van der Waals surface area contributed by atoms with E-state index in [0.29, 0.717) is 12.5 Å². The first-order valence-electron chi connectivity index (χ1n) is 3.69. The smallest absolute Gasteiger partial charge is 0.120 e. The Labute approximate surface area is 77.6 Å². The number of halogens is 1. The number of hydrogen-bond donors (Lipinski definition) is 0. The first-order chi connectivity index (χ1) is 5.86. The number of benzene rings is 1. The molecule has 0 bridgehead atoms. The molecule has 0 atom stereocenters. The summed E-state index contributed by atoms with van der Waals surface area (Å²) in [6.07, 6.45) is 1.75. The summed E-state index contributed by atoms with van der Waals surface area (Å²) in [7, 11) is 0. The van der Waals surface area contributed by atoms with Gasteiger partial charge in [0.05, 0.1) is 5.88 Å². The van der Waals surface area contributed by atoms with Gasteiger partial charge in [-0.1, -0.05) is 12.7 Å². The van der Waals surface area contributed by atoms with E-state index >= 15 is 0 Å². The van der Waals surface area contributed by atoms with Crippen molar-refractivity contribution in [3.8, 4) is 5.75 Å². The van der Waals surface area contributed by atoms with E-state index in [9.17, 15) is 0 Å². The molecule has 0 aliphatic heterocycles. The fourth-order valence-corrected chi connectivity index (χ4v) is 0.902. The largest absolute Gasteiger partial charge is 0.492 e. The lowest BCUT2D eigenvalue weighted by Gasteiger charge is -2.03. The molecule has 1 rings (SSSR count). The Hall–Kier alpha value is -0.950. The second-order valence-electron chi connectivity index (χ2n) is 2.24. The second-order valence-corrected chi connectivity index (χ2v) is 2.62. The third-order valence-corrected chi connectivity index (χ3v) is 1.52. The predicted octanol–water partition coefficient (Wildman–Crippen LogP) is 2.75. The average Bonchev–Trinajstić information content (AvgIpc) is 2.15. The highest BCUT2D eigenvalue weighted by molar-refractivity contribution is 6.17. The Bertz CT molecular complexity index is 258. The standard InChI is InChI=1S/C10H10ClO/c1-2-9-4-3-5-10(8-9)12-7-6-11/h2,4-5,8H,1,6-7H2. The van der Waals surface area contributed by atoms with Crippen molar-refractivity contribution in [3.05, 3.63) is 36.4 Å². The Morgan fingerprint density at radius 2 is 2.42 bits per heavy atom. The van der Waals surface area contributed by atoms with Crippen LogP contribution in [0.2, 0.25) is 0 Å². The molecular formula is C10H10ClO. The summed E-state index contributed by atoms with van der Waals surface area (Å²) in [4.78, 5) is 0. The molecule has 12 heavy (non-hydrogen) atoms. The number of rotatable bonds is 4. The third kappa shape index (κ3) is 2.59. The van der Waals surface area contributed by atoms with Gasteiger partial charge in [-0.25, -0.2) is 0 Å². The van der Waals surface area contributed by atoms with Crippen LogP contribution < -0.4 is 4.74 Å². The van der Waals surface area contributed by atoms with Gasteiger partial charge >= 0.3 is 0 Å². The van der Waals surface area contributed by atoms with Crippen LogP contribution in [0.1, 0.15) is 5.56 Å². The van der Waals surface area contributed by atoms with Gasteiger partial charge in [-0.15, -0.1) is 11.6 Å². The summed E-state index contributed by atoms with van der Waals surface area (Å²) in [5.41, 5.74) is 1.00. The van der Waals surface area contributed by atoms with Crippen LogP contribution in [0.15, 0.2) is 24.8 Å². The van der Waals surface area contributed by atoms with E-state index in [1.165, 1.54) is 0 Å². The Morgan fingerprint density at radius 1 is 1.58 bits per heavy atom. The second kappa shape index (κ2) is 4.83. The lowest BCUT2D eigenvalue weighted by molar-refractivity contribution is 0.342. The van der Waals surface area contributed by atoms with Gasteiger partial charge in [0.2, 0.25) is 0 Å². The molecule has 0 aromatic heterocycles. The van der Waals surface area contributed by atoms with Crippen molar-refractivity contribution in [2.75, 3.05) is 12.5 Å². The maximum Gasteiger partial charge on any atom is 0.120 e. The van der Waals surface area contributed by atoms with Crippen molar-refractivity contribution in [1.29, 1.82) is 0 Å². The molecule has 0 saturated heterocycles. The lowest BCUT2D eigenvalue weighted by atomic mass is 10.2. The molecule has 1 nitrogen and oxygen atoms in total. The minimum absolute atomic E-state index is 0.498. The van der Waals surface area contributed by atoms with Crippen molar-refractivity contribution in [2.45, 2.75) is 0 Å². The van der Waals surface area contributed by atoms with Crippen LogP contribution in [-0.4, -0.2) is 12.5 Å². The van der Waals surface area contributed by atoms with Crippen LogP contribution in [0.4, 0.5) is 0 Å². The van der Waals surface area contributed by atoms with E-state index in [1.807, 2.05) is 12.1 Å². The predicted molar refractivity (Wildman–Crippen MR) is 51.6 cm³/mol. The molecule has 0 heterocycles. The molecule has 0 aliphatic rings. The van der Waals surface area contributed by atoms with Gasteiger partial charge in [-0.05, 0) is 29.8 Å². The fourth-order valence-electron chi connectivity index (χ4n) is 0.825. The van der Waals surface area contributed by atoms with Gasteiger partial charge in [-0.3, -0.25) is 0 Å². The van der Waals surface area contributed by atoms with E-state index in [2.05, 4.69) is 12.6 Å². The molecule has 0 saturated carbocycles. The van der Waals surface area contributed by atoms with E-state index in [-0.39, 0.29) is 0 Å². The lowest BCUT2D eigenvalue weighted by Crippen LogP contribution is -1.97. The van der Waals surface area contributed by atoms with Gasteiger partial charge in [0.25, 0.3) is 0 Å². The Balaban J connectivity index is 2.66. The zero-order valence-corrected chi connectivity index (χ0v) is 7.47. The van der Waals surface area contributed by atoms with Crippen LogP contribution in [0.5, 0.6) is 5.75 Å². The van der Waals surface area contributed by atoms with Crippen LogP contribution in [0.3, 0.4) is 0 Å². The van der Waals surface area contributed by atoms with Crippen LogP contribution in [-0.2, 0) is 0 Å². The van der Waals surface area contributed by atoms with Gasteiger partial charge in [0.1, 0.15) is 12.4 Å². The molecule has 1 aromatic carbocycles. The Kier molecular flexibility index (Phi) is 3.68. The fraction of sp³-hybridized carbons (Fsp3) is 0.200. The van der Waals surface area contributed by atoms with Gasteiger partial charge in [-0.2, -0.15) is 0 Å². The van der Waals surface area contributed by atoms with E-state index in [4.69, 9.17) is 16.3 Å². The summed E-state index contributed by atoms with van der Waals surface area (Å²) in [6.45, 7) is 4.17. The summed E-state index contributed by atoms with van der Waals surface area (Å²) >= 11 is 5.47. The maximum absolute atomic E-state index is 5.47. The molecular weight excluding hydrogens is 172 g/mol. The van der Waals surface area contributed by atoms with E-state index < -0.39 is 0 Å². The van der Waals surface area contributed by atoms with Crippen LogP contribution in [0.25, 0.3) is 6.08 Å². The third-order valence-electron chi connectivity index (χ3n) is 1.37. The molecule has 0 aliphatic carbocycles. The zero-order chi connectivity index (χ0) is 8.81. The first kappa shape index (κ1) is 9.14. The average molecular weight is 182 g/mol. The highest BCUT2D eigenvalue weighted by Gasteiger charge is 1.92. The van der Waals surface area contributed by atoms with Gasteiger partial charge in [0.15, 0.2) is 0 Å². The number of alkyl halides is 1. The topological polar surface area (TPSA) is 9.23 Å². The van der Waals surface area contributed by atoms with Crippen LogP contribution >= 0.6 is 11.6 Å². The molecule has 1 aromatic rings. The van der Waals surface area contributed by atoms with Crippen LogP contribution in [0, 0.1) is 6.07 Å². The molecule has 0 N–H and O–H groups in total. The molecule has 2 heteroatoms. The number of ether oxygens (including phenoxy) is 1. The van der Waals surface area contributed by atoms with Crippen molar-refractivity contribution < 1.29 is 4.74 Å². The molecule has 63 valence electrons. The molecule has 0 fully saturated rings. The molecule has 0 unspecified atom stereocenters. The highest BCUT2D eigenvalue weighted by atomic mass is 35.5. The maximum atomic E-state index is 5.47. The van der Waals surface area contributed by atoms with Crippen molar-refractivity contribution >= 4 is 17.7 Å². The van der Waals surface area contributed by atoms with Crippen molar-refractivity contribution in [2.24, 2.45) is 0 Å². The zero-order valence-electron chi connectivity index (χ0n) is 6.72. The highest BCUT2D eigenvalue weighted by Crippen LogP contribution is 2.13.